The molecule has 0 saturated carbocycles. The minimum absolute atomic E-state index is 0.0863. The molecule has 9 nitrogen and oxygen atoms in total. The van der Waals surface area contributed by atoms with Gasteiger partial charge in [-0.25, -0.2) is 14.2 Å². The third-order valence-electron chi connectivity index (χ3n) is 4.65. The molecule has 0 aliphatic carbocycles. The molecular formula is C17H21FN6O3S. The predicted molar refractivity (Wildman–Crippen MR) is 104 cm³/mol. The summed E-state index contributed by atoms with van der Waals surface area (Å²) in [6.07, 6.45) is 0. The van der Waals surface area contributed by atoms with Crippen LogP contribution in [0.3, 0.4) is 0 Å². The SMILES string of the molecule is COc1nc(N2CC(S(=O)O)C(N=C(N)N)(c3ccccc3)C2)nc(C)c1F. The van der Waals surface area contributed by atoms with Gasteiger partial charge in [0.25, 0.3) is 5.88 Å². The lowest BCUT2D eigenvalue weighted by Crippen LogP contribution is -2.42. The number of aliphatic imine (C=N–C) groups is 1. The Kier molecular flexibility index (Phi) is 5.47. The van der Waals surface area contributed by atoms with E-state index in [0.29, 0.717) is 5.56 Å². The molecule has 150 valence electrons. The first kappa shape index (κ1) is 20.0. The average Bonchev–Trinajstić information content (AvgIpc) is 3.04. The molecule has 3 atom stereocenters. The monoisotopic (exact) mass is 408 g/mol. The van der Waals surface area contributed by atoms with Crippen LogP contribution in [0.5, 0.6) is 5.88 Å². The van der Waals surface area contributed by atoms with Gasteiger partial charge < -0.3 is 25.7 Å². The number of halogens is 1. The second-order valence-electron chi connectivity index (χ2n) is 6.40. The average molecular weight is 408 g/mol. The van der Waals surface area contributed by atoms with Crippen molar-refractivity contribution >= 4 is 23.0 Å². The first-order valence-electron chi connectivity index (χ1n) is 8.37. The van der Waals surface area contributed by atoms with E-state index in [9.17, 15) is 13.2 Å². The molecular weight excluding hydrogens is 387 g/mol. The first-order valence-corrected chi connectivity index (χ1v) is 9.54. The van der Waals surface area contributed by atoms with Crippen LogP contribution in [0.1, 0.15) is 11.3 Å². The summed E-state index contributed by atoms with van der Waals surface area (Å²) in [6.45, 7) is 1.70. The van der Waals surface area contributed by atoms with E-state index in [1.54, 1.807) is 29.2 Å². The summed E-state index contributed by atoms with van der Waals surface area (Å²) in [6, 6.07) is 8.98. The molecule has 5 N–H and O–H groups in total. The van der Waals surface area contributed by atoms with E-state index < -0.39 is 27.7 Å². The zero-order valence-electron chi connectivity index (χ0n) is 15.4. The Balaban J connectivity index is 2.13. The molecule has 11 heteroatoms. The van der Waals surface area contributed by atoms with Gasteiger partial charge in [-0.1, -0.05) is 30.3 Å². The van der Waals surface area contributed by atoms with E-state index in [0.717, 1.165) is 0 Å². The summed E-state index contributed by atoms with van der Waals surface area (Å²) < 4.78 is 41.2. The third kappa shape index (κ3) is 3.50. The zero-order chi connectivity index (χ0) is 20.5. The molecule has 3 rings (SSSR count). The van der Waals surface area contributed by atoms with E-state index in [-0.39, 0.29) is 36.6 Å². The van der Waals surface area contributed by atoms with Crippen LogP contribution < -0.4 is 21.1 Å². The molecule has 1 aliphatic rings. The number of hydrogen-bond donors (Lipinski definition) is 3. The Morgan fingerprint density at radius 1 is 1.39 bits per heavy atom. The molecule has 1 aromatic heterocycles. The smallest absolute Gasteiger partial charge is 0.255 e. The summed E-state index contributed by atoms with van der Waals surface area (Å²) in [5, 5.41) is -0.864. The van der Waals surface area contributed by atoms with Gasteiger partial charge in [-0.2, -0.15) is 9.37 Å². The van der Waals surface area contributed by atoms with Gasteiger partial charge in [-0.3, -0.25) is 0 Å². The van der Waals surface area contributed by atoms with Crippen molar-refractivity contribution in [1.82, 2.24) is 9.97 Å². The predicted octanol–water partition coefficient (Wildman–Crippen LogP) is 0.512. The highest BCUT2D eigenvalue weighted by atomic mass is 32.2. The second kappa shape index (κ2) is 7.68. The van der Waals surface area contributed by atoms with E-state index in [2.05, 4.69) is 15.0 Å². The summed E-state index contributed by atoms with van der Waals surface area (Å²) in [7, 11) is 1.30. The number of nitrogens with zero attached hydrogens (tertiary/aromatic N) is 4. The largest absolute Gasteiger partial charge is 0.479 e. The van der Waals surface area contributed by atoms with Crippen LogP contribution in [0.15, 0.2) is 35.3 Å². The van der Waals surface area contributed by atoms with Crippen molar-refractivity contribution in [3.63, 3.8) is 0 Å². The van der Waals surface area contributed by atoms with Crippen molar-refractivity contribution in [2.45, 2.75) is 17.7 Å². The molecule has 1 saturated heterocycles. The lowest BCUT2D eigenvalue weighted by Gasteiger charge is -2.29. The van der Waals surface area contributed by atoms with E-state index in [1.165, 1.54) is 14.0 Å². The molecule has 0 spiro atoms. The number of benzene rings is 1. The molecule has 1 fully saturated rings. The molecule has 2 aromatic rings. The zero-order valence-corrected chi connectivity index (χ0v) is 16.2. The normalized spacial score (nSPS) is 22.7. The molecule has 0 bridgehead atoms. The fourth-order valence-corrected chi connectivity index (χ4v) is 4.30. The van der Waals surface area contributed by atoms with Crippen molar-refractivity contribution in [3.8, 4) is 5.88 Å². The van der Waals surface area contributed by atoms with Gasteiger partial charge in [0.1, 0.15) is 10.8 Å². The minimum Gasteiger partial charge on any atom is -0.479 e. The van der Waals surface area contributed by atoms with Gasteiger partial charge >= 0.3 is 0 Å². The van der Waals surface area contributed by atoms with Gasteiger partial charge in [-0.15, -0.1) is 0 Å². The first-order chi connectivity index (χ1) is 13.3. The molecule has 0 amide bonds. The van der Waals surface area contributed by atoms with Crippen molar-refractivity contribution in [3.05, 3.63) is 47.4 Å². The number of aryl methyl sites for hydroxylation is 1. The summed E-state index contributed by atoms with van der Waals surface area (Å²) >= 11 is -2.26. The molecule has 28 heavy (non-hydrogen) atoms. The van der Waals surface area contributed by atoms with Gasteiger partial charge in [0.2, 0.25) is 11.8 Å². The number of guanidine groups is 1. The maximum atomic E-state index is 14.1. The van der Waals surface area contributed by atoms with Crippen LogP contribution in [0.4, 0.5) is 10.3 Å². The molecule has 3 unspecified atom stereocenters. The highest BCUT2D eigenvalue weighted by molar-refractivity contribution is 7.80. The van der Waals surface area contributed by atoms with Crippen LogP contribution >= 0.6 is 0 Å². The van der Waals surface area contributed by atoms with Gasteiger partial charge in [-0.05, 0) is 12.5 Å². The van der Waals surface area contributed by atoms with Crippen molar-refractivity contribution in [1.29, 1.82) is 0 Å². The number of methoxy groups -OCH3 is 1. The van der Waals surface area contributed by atoms with E-state index in [4.69, 9.17) is 16.2 Å². The Labute approximate surface area is 163 Å². The molecule has 1 aromatic carbocycles. The van der Waals surface area contributed by atoms with Crippen molar-refractivity contribution < 1.29 is 17.9 Å². The number of nitrogens with two attached hydrogens (primary N) is 2. The second-order valence-corrected chi connectivity index (χ2v) is 7.53. The lowest BCUT2D eigenvalue weighted by atomic mass is 9.89. The minimum atomic E-state index is -2.26. The van der Waals surface area contributed by atoms with Gasteiger partial charge in [0.15, 0.2) is 17.0 Å². The van der Waals surface area contributed by atoms with Crippen LogP contribution in [0.2, 0.25) is 0 Å². The summed E-state index contributed by atoms with van der Waals surface area (Å²) in [4.78, 5) is 14.3. The summed E-state index contributed by atoms with van der Waals surface area (Å²) in [5.41, 5.74) is 10.9. The standard InChI is InChI=1S/C17H21FN6O3S/c1-10-13(18)14(27-2)22-16(21-10)24-8-12(28(25)26)17(9-24,23-15(19)20)11-6-4-3-5-7-11/h3-7,12H,8-9H2,1-2H3,(H,25,26)(H4,19,20,23). The molecule has 2 heterocycles. The van der Waals surface area contributed by atoms with Crippen LogP contribution in [0, 0.1) is 12.7 Å². The van der Waals surface area contributed by atoms with Crippen LogP contribution in [0.25, 0.3) is 0 Å². The lowest BCUT2D eigenvalue weighted by molar-refractivity contribution is 0.365. The Morgan fingerprint density at radius 3 is 2.64 bits per heavy atom. The number of hydrogen-bond acceptors (Lipinski definition) is 6. The topological polar surface area (TPSA) is 140 Å². The third-order valence-corrected chi connectivity index (χ3v) is 5.67. The van der Waals surface area contributed by atoms with Crippen LogP contribution in [-0.4, -0.2) is 50.1 Å². The quantitative estimate of drug-likeness (QED) is 0.369. The summed E-state index contributed by atoms with van der Waals surface area (Å²) in [5.74, 6) is -0.917. The fraction of sp³-hybridized carbons (Fsp3) is 0.353. The van der Waals surface area contributed by atoms with E-state index >= 15 is 0 Å². The Hall–Kier alpha value is -2.79. The van der Waals surface area contributed by atoms with Gasteiger partial charge in [0, 0.05) is 6.54 Å². The maximum Gasteiger partial charge on any atom is 0.255 e. The highest BCUT2D eigenvalue weighted by Crippen LogP contribution is 2.40. The Bertz CT molecular complexity index is 925. The van der Waals surface area contributed by atoms with Crippen molar-refractivity contribution in [2.75, 3.05) is 25.1 Å². The van der Waals surface area contributed by atoms with Crippen LogP contribution in [-0.2, 0) is 16.6 Å². The van der Waals surface area contributed by atoms with E-state index in [1.807, 2.05) is 6.07 Å². The maximum absolute atomic E-state index is 14.1. The number of ether oxygens (including phenoxy) is 1. The number of anilines is 1. The highest BCUT2D eigenvalue weighted by Gasteiger charge is 2.52. The fourth-order valence-electron chi connectivity index (χ4n) is 3.39. The number of aromatic nitrogens is 2. The van der Waals surface area contributed by atoms with Gasteiger partial charge in [0.05, 0.1) is 19.3 Å². The van der Waals surface area contributed by atoms with Crippen molar-refractivity contribution in [2.24, 2.45) is 16.5 Å². The molecule has 1 aliphatic heterocycles. The number of rotatable bonds is 5. The Morgan fingerprint density at radius 2 is 2.07 bits per heavy atom. The molecule has 0 radical (unpaired) electrons.